The molecule has 0 saturated carbocycles. The van der Waals surface area contributed by atoms with Gasteiger partial charge in [0, 0.05) is 42.8 Å². The summed E-state index contributed by atoms with van der Waals surface area (Å²) in [6, 6.07) is 2.16. The number of nitrogens with one attached hydrogen (secondary N) is 1. The lowest BCUT2D eigenvalue weighted by molar-refractivity contribution is 0.837. The Labute approximate surface area is 101 Å². The minimum atomic E-state index is 0.511. The van der Waals surface area contributed by atoms with E-state index in [4.69, 9.17) is 0 Å². The van der Waals surface area contributed by atoms with E-state index < -0.39 is 0 Å². The van der Waals surface area contributed by atoms with Crippen LogP contribution in [0.25, 0.3) is 0 Å². The number of likely N-dealkylation sites (N-methyl/N-ethyl adjacent to an activating group) is 1. The Morgan fingerprint density at radius 1 is 1.60 bits per heavy atom. The summed E-state index contributed by atoms with van der Waals surface area (Å²) >= 11 is 5.43. The molecule has 3 rings (SSSR count). The van der Waals surface area contributed by atoms with Crippen molar-refractivity contribution in [2.75, 3.05) is 18.5 Å². The van der Waals surface area contributed by atoms with Crippen LogP contribution < -0.4 is 4.90 Å². The first-order chi connectivity index (χ1) is 7.27. The average molecular weight is 283 g/mol. The van der Waals surface area contributed by atoms with E-state index in [0.29, 0.717) is 5.92 Å². The van der Waals surface area contributed by atoms with Gasteiger partial charge < -0.3 is 9.88 Å². The Hall–Kier alpha value is -0.740. The summed E-state index contributed by atoms with van der Waals surface area (Å²) in [6.45, 7) is 1.08. The quantitative estimate of drug-likeness (QED) is 0.849. The van der Waals surface area contributed by atoms with Crippen LogP contribution in [0.3, 0.4) is 0 Å². The van der Waals surface area contributed by atoms with Crippen LogP contribution in [0, 0.1) is 0 Å². The molecule has 0 saturated heterocycles. The number of thiophene rings is 1. The van der Waals surface area contributed by atoms with Crippen molar-refractivity contribution in [1.82, 2.24) is 4.98 Å². The molecule has 2 nitrogen and oxygen atoms in total. The van der Waals surface area contributed by atoms with Crippen molar-refractivity contribution in [3.63, 3.8) is 0 Å². The van der Waals surface area contributed by atoms with Crippen LogP contribution in [0.2, 0.25) is 0 Å². The van der Waals surface area contributed by atoms with E-state index in [9.17, 15) is 0 Å². The van der Waals surface area contributed by atoms with E-state index in [0.717, 1.165) is 6.54 Å². The number of aromatic amines is 1. The Bertz CT molecular complexity index is 475. The van der Waals surface area contributed by atoms with E-state index in [1.54, 1.807) is 11.3 Å². The van der Waals surface area contributed by atoms with Crippen LogP contribution in [-0.2, 0) is 0 Å². The molecule has 2 aromatic heterocycles. The van der Waals surface area contributed by atoms with Gasteiger partial charge in [0.05, 0.1) is 9.47 Å². The minimum Gasteiger partial charge on any atom is -0.373 e. The number of hydrogen-bond acceptors (Lipinski definition) is 2. The number of hydrogen-bond donors (Lipinski definition) is 1. The lowest BCUT2D eigenvalue weighted by atomic mass is 9.98. The lowest BCUT2D eigenvalue weighted by Gasteiger charge is -2.12. The Morgan fingerprint density at radius 3 is 3.20 bits per heavy atom. The van der Waals surface area contributed by atoms with Gasteiger partial charge in [-0.15, -0.1) is 11.3 Å². The van der Waals surface area contributed by atoms with Gasteiger partial charge in [-0.3, -0.25) is 0 Å². The predicted molar refractivity (Wildman–Crippen MR) is 67.9 cm³/mol. The van der Waals surface area contributed by atoms with Gasteiger partial charge in [0.25, 0.3) is 0 Å². The highest BCUT2D eigenvalue weighted by Crippen LogP contribution is 2.46. The zero-order valence-electron chi connectivity index (χ0n) is 8.33. The number of H-pyrrole nitrogens is 1. The maximum Gasteiger partial charge on any atom is 0.0758 e. The molecule has 0 radical (unpaired) electrons. The largest absolute Gasteiger partial charge is 0.373 e. The number of fused-ring (bicyclic) bond motifs is 1. The van der Waals surface area contributed by atoms with E-state index in [1.807, 2.05) is 6.20 Å². The molecule has 0 aromatic carbocycles. The molecule has 1 unspecified atom stereocenters. The Morgan fingerprint density at radius 2 is 2.47 bits per heavy atom. The molecule has 0 amide bonds. The summed E-state index contributed by atoms with van der Waals surface area (Å²) in [5.74, 6) is 0.511. The van der Waals surface area contributed by atoms with Gasteiger partial charge in [-0.1, -0.05) is 0 Å². The lowest BCUT2D eigenvalue weighted by Crippen LogP contribution is -2.15. The molecule has 0 bridgehead atoms. The van der Waals surface area contributed by atoms with Crippen molar-refractivity contribution in [2.24, 2.45) is 0 Å². The first-order valence-electron chi connectivity index (χ1n) is 4.88. The fourth-order valence-corrected chi connectivity index (χ4v) is 3.89. The molecular weight excluding hydrogens is 272 g/mol. The fourth-order valence-electron chi connectivity index (χ4n) is 2.24. The number of anilines is 1. The second-order valence-electron chi connectivity index (χ2n) is 3.89. The fraction of sp³-hybridized carbons (Fsp3) is 0.273. The molecule has 4 heteroatoms. The van der Waals surface area contributed by atoms with Crippen LogP contribution in [0.15, 0.2) is 27.6 Å². The SMILES string of the molecule is CN1CC(c2cc[nH]c2)c2c1csc2Br. The third-order valence-corrected chi connectivity index (χ3v) is 4.76. The first-order valence-corrected chi connectivity index (χ1v) is 6.55. The molecule has 15 heavy (non-hydrogen) atoms. The topological polar surface area (TPSA) is 19.0 Å². The molecule has 0 aliphatic carbocycles. The van der Waals surface area contributed by atoms with Crippen LogP contribution in [0.1, 0.15) is 17.0 Å². The number of nitrogens with zero attached hydrogens (tertiary/aromatic N) is 1. The summed E-state index contributed by atoms with van der Waals surface area (Å²) < 4.78 is 1.27. The van der Waals surface area contributed by atoms with Gasteiger partial charge in [0.2, 0.25) is 0 Å². The minimum absolute atomic E-state index is 0.511. The second-order valence-corrected chi connectivity index (χ2v) is 6.08. The van der Waals surface area contributed by atoms with Crippen molar-refractivity contribution in [2.45, 2.75) is 5.92 Å². The van der Waals surface area contributed by atoms with Crippen LogP contribution in [-0.4, -0.2) is 18.6 Å². The molecule has 3 heterocycles. The predicted octanol–water partition coefficient (Wildman–Crippen LogP) is 3.42. The van der Waals surface area contributed by atoms with Crippen molar-refractivity contribution in [1.29, 1.82) is 0 Å². The second kappa shape index (κ2) is 3.39. The standard InChI is InChI=1S/C11H11BrN2S/c1-14-5-8(7-2-3-13-4-7)10-9(14)6-15-11(10)12/h2-4,6,8,13H,5H2,1H3. The monoisotopic (exact) mass is 282 g/mol. The number of rotatable bonds is 1. The molecule has 0 spiro atoms. The van der Waals surface area contributed by atoms with E-state index in [1.165, 1.54) is 20.6 Å². The van der Waals surface area contributed by atoms with Gasteiger partial charge in [-0.25, -0.2) is 0 Å². The summed E-state index contributed by atoms with van der Waals surface area (Å²) in [5, 5.41) is 2.23. The summed E-state index contributed by atoms with van der Waals surface area (Å²) in [7, 11) is 2.16. The molecule has 1 atom stereocenters. The van der Waals surface area contributed by atoms with Crippen LogP contribution >= 0.6 is 27.3 Å². The highest BCUT2D eigenvalue weighted by atomic mass is 79.9. The maximum absolute atomic E-state index is 3.65. The van der Waals surface area contributed by atoms with Crippen LogP contribution in [0.5, 0.6) is 0 Å². The van der Waals surface area contributed by atoms with Crippen molar-refractivity contribution in [3.05, 3.63) is 38.8 Å². The molecule has 2 aromatic rings. The highest BCUT2D eigenvalue weighted by Gasteiger charge is 2.31. The first kappa shape index (κ1) is 9.48. The summed E-state index contributed by atoms with van der Waals surface area (Å²) in [6.07, 6.45) is 4.09. The zero-order chi connectivity index (χ0) is 10.4. The van der Waals surface area contributed by atoms with Gasteiger partial charge in [0.1, 0.15) is 0 Å². The van der Waals surface area contributed by atoms with Crippen molar-refractivity contribution >= 4 is 33.0 Å². The third kappa shape index (κ3) is 1.35. The molecule has 0 fully saturated rings. The van der Waals surface area contributed by atoms with E-state index in [-0.39, 0.29) is 0 Å². The van der Waals surface area contributed by atoms with Crippen molar-refractivity contribution in [3.8, 4) is 0 Å². The Balaban J connectivity index is 2.11. The summed E-state index contributed by atoms with van der Waals surface area (Å²) in [5.41, 5.74) is 4.19. The maximum atomic E-state index is 3.65. The van der Waals surface area contributed by atoms with Gasteiger partial charge >= 0.3 is 0 Å². The van der Waals surface area contributed by atoms with Crippen LogP contribution in [0.4, 0.5) is 5.69 Å². The zero-order valence-corrected chi connectivity index (χ0v) is 10.7. The molecule has 78 valence electrons. The Kier molecular flexibility index (Phi) is 2.14. The van der Waals surface area contributed by atoms with Gasteiger partial charge in [0.15, 0.2) is 0 Å². The normalized spacial score (nSPS) is 19.6. The van der Waals surface area contributed by atoms with Gasteiger partial charge in [-0.2, -0.15) is 0 Å². The van der Waals surface area contributed by atoms with Gasteiger partial charge in [-0.05, 0) is 27.6 Å². The molecule has 1 aliphatic heterocycles. The molecule has 1 aliphatic rings. The highest BCUT2D eigenvalue weighted by molar-refractivity contribution is 9.11. The average Bonchev–Trinajstić information content (AvgIpc) is 2.86. The van der Waals surface area contributed by atoms with E-state index >= 15 is 0 Å². The van der Waals surface area contributed by atoms with E-state index in [2.05, 4.69) is 50.5 Å². The number of aromatic nitrogens is 1. The number of halogens is 1. The smallest absolute Gasteiger partial charge is 0.0758 e. The molecule has 1 N–H and O–H groups in total. The third-order valence-electron chi connectivity index (χ3n) is 3.00. The van der Waals surface area contributed by atoms with Crippen molar-refractivity contribution < 1.29 is 0 Å². The summed E-state index contributed by atoms with van der Waals surface area (Å²) in [4.78, 5) is 5.46. The molecular formula is C11H11BrN2S.